The fraction of sp³-hybridized carbons (Fsp3) is 0.286. The van der Waals surface area contributed by atoms with Gasteiger partial charge in [0, 0.05) is 11.8 Å². The molecular weight excluding hydrogens is 371 g/mol. The van der Waals surface area contributed by atoms with E-state index in [4.69, 9.17) is 4.74 Å². The molecule has 3 aromatic rings. The van der Waals surface area contributed by atoms with Gasteiger partial charge in [-0.15, -0.1) is 6.58 Å². The smallest absolute Gasteiger partial charge is 0.126 e. The third-order valence-corrected chi connectivity index (χ3v) is 5.78. The Labute approximate surface area is 180 Å². The minimum absolute atomic E-state index is 0.0996. The Balaban J connectivity index is 1.64. The van der Waals surface area contributed by atoms with Crippen LogP contribution < -0.4 is 4.74 Å². The Kier molecular flexibility index (Phi) is 7.46. The molecule has 0 fully saturated rings. The zero-order valence-electron chi connectivity index (χ0n) is 18.0. The minimum Gasteiger partial charge on any atom is -0.494 e. The van der Waals surface area contributed by atoms with Gasteiger partial charge in [0.2, 0.25) is 0 Å². The zero-order chi connectivity index (χ0) is 21.4. The van der Waals surface area contributed by atoms with Gasteiger partial charge in [0.05, 0.1) is 6.61 Å². The third-order valence-electron chi connectivity index (χ3n) is 5.78. The molecular formula is C28H31FO. The summed E-state index contributed by atoms with van der Waals surface area (Å²) in [7, 11) is 0. The van der Waals surface area contributed by atoms with Gasteiger partial charge in [0.15, 0.2) is 0 Å². The summed E-state index contributed by atoms with van der Waals surface area (Å²) in [5, 5.41) is 0. The van der Waals surface area contributed by atoms with Gasteiger partial charge in [-0.2, -0.15) is 0 Å². The highest BCUT2D eigenvalue weighted by molar-refractivity contribution is 5.35. The molecule has 0 N–H and O–H groups in total. The van der Waals surface area contributed by atoms with Gasteiger partial charge in [0.25, 0.3) is 0 Å². The predicted octanol–water partition coefficient (Wildman–Crippen LogP) is 7.28. The van der Waals surface area contributed by atoms with Gasteiger partial charge in [-0.25, -0.2) is 4.39 Å². The van der Waals surface area contributed by atoms with Crippen molar-refractivity contribution in [2.45, 2.75) is 44.9 Å². The Morgan fingerprint density at radius 1 is 0.967 bits per heavy atom. The standard InChI is InChI=1S/C28H31FO/c1-4-28(3,25-14-16-26(17-15-25)30-5-2)19-9-12-23-13-18-27(29)24(21-23)20-22-10-7-6-8-11-22/h4,6-8,10-11,13-18,21H,1,5,9,12,19-20H2,2-3H3. The maximum Gasteiger partial charge on any atom is 0.126 e. The fourth-order valence-electron chi connectivity index (χ4n) is 3.86. The number of hydrogen-bond donors (Lipinski definition) is 0. The van der Waals surface area contributed by atoms with E-state index in [2.05, 4.69) is 25.6 Å². The topological polar surface area (TPSA) is 9.23 Å². The van der Waals surface area contributed by atoms with Crippen LogP contribution in [0, 0.1) is 5.82 Å². The molecule has 0 radical (unpaired) electrons. The summed E-state index contributed by atoms with van der Waals surface area (Å²) in [5.74, 6) is 0.762. The highest BCUT2D eigenvalue weighted by Gasteiger charge is 2.22. The second-order valence-electron chi connectivity index (χ2n) is 8.02. The molecule has 1 unspecified atom stereocenters. The van der Waals surface area contributed by atoms with E-state index in [-0.39, 0.29) is 11.2 Å². The average Bonchev–Trinajstić information content (AvgIpc) is 2.77. The molecule has 0 saturated heterocycles. The summed E-state index contributed by atoms with van der Waals surface area (Å²) >= 11 is 0. The van der Waals surface area contributed by atoms with Crippen molar-refractivity contribution in [1.29, 1.82) is 0 Å². The van der Waals surface area contributed by atoms with Gasteiger partial charge >= 0.3 is 0 Å². The van der Waals surface area contributed by atoms with Gasteiger partial charge in [-0.3, -0.25) is 0 Å². The molecule has 1 nitrogen and oxygen atoms in total. The first-order valence-electron chi connectivity index (χ1n) is 10.7. The lowest BCUT2D eigenvalue weighted by Gasteiger charge is -2.27. The number of rotatable bonds is 10. The van der Waals surface area contributed by atoms with Gasteiger partial charge in [0.1, 0.15) is 11.6 Å². The third kappa shape index (κ3) is 5.60. The normalized spacial score (nSPS) is 12.9. The molecule has 0 aliphatic carbocycles. The number of halogens is 1. The van der Waals surface area contributed by atoms with Crippen LogP contribution in [0.1, 0.15) is 48.9 Å². The van der Waals surface area contributed by atoms with Crippen LogP contribution in [-0.4, -0.2) is 6.61 Å². The molecule has 156 valence electrons. The van der Waals surface area contributed by atoms with Crippen molar-refractivity contribution in [3.63, 3.8) is 0 Å². The molecule has 2 heteroatoms. The predicted molar refractivity (Wildman–Crippen MR) is 124 cm³/mol. The summed E-state index contributed by atoms with van der Waals surface area (Å²) in [6.45, 7) is 8.97. The lowest BCUT2D eigenvalue weighted by molar-refractivity contribution is 0.340. The first-order chi connectivity index (χ1) is 14.5. The second-order valence-corrected chi connectivity index (χ2v) is 8.02. The Bertz CT molecular complexity index is 946. The molecule has 30 heavy (non-hydrogen) atoms. The summed E-state index contributed by atoms with van der Waals surface area (Å²) in [5.41, 5.74) is 4.21. The molecule has 0 aromatic heterocycles. The van der Waals surface area contributed by atoms with Crippen LogP contribution >= 0.6 is 0 Å². The quantitative estimate of drug-likeness (QED) is 0.324. The van der Waals surface area contributed by atoms with Crippen molar-refractivity contribution in [1.82, 2.24) is 0 Å². The monoisotopic (exact) mass is 402 g/mol. The van der Waals surface area contributed by atoms with Crippen molar-refractivity contribution in [3.05, 3.63) is 114 Å². The average molecular weight is 403 g/mol. The van der Waals surface area contributed by atoms with E-state index >= 15 is 0 Å². The lowest BCUT2D eigenvalue weighted by atomic mass is 9.78. The van der Waals surface area contributed by atoms with E-state index in [9.17, 15) is 4.39 Å². The molecule has 3 rings (SSSR count). The molecule has 0 aliphatic heterocycles. The Hall–Kier alpha value is -2.87. The molecule has 1 atom stereocenters. The van der Waals surface area contributed by atoms with E-state index in [1.807, 2.05) is 67.6 Å². The first-order valence-corrected chi connectivity index (χ1v) is 10.7. The van der Waals surface area contributed by atoms with Crippen LogP contribution in [0.4, 0.5) is 4.39 Å². The molecule has 0 bridgehead atoms. The fourth-order valence-corrected chi connectivity index (χ4v) is 3.86. The Morgan fingerprint density at radius 2 is 1.70 bits per heavy atom. The number of aryl methyl sites for hydroxylation is 1. The van der Waals surface area contributed by atoms with Crippen molar-refractivity contribution >= 4 is 0 Å². The highest BCUT2D eigenvalue weighted by Crippen LogP contribution is 2.32. The van der Waals surface area contributed by atoms with Crippen molar-refractivity contribution in [2.75, 3.05) is 6.61 Å². The summed E-state index contributed by atoms with van der Waals surface area (Å²) in [6.07, 6.45) is 5.57. The Morgan fingerprint density at radius 3 is 2.37 bits per heavy atom. The summed E-state index contributed by atoms with van der Waals surface area (Å²) in [4.78, 5) is 0. The van der Waals surface area contributed by atoms with E-state index in [1.165, 1.54) is 11.1 Å². The SMILES string of the molecule is C=CC(C)(CCCc1ccc(F)c(Cc2ccccc2)c1)c1ccc(OCC)cc1. The molecule has 3 aromatic carbocycles. The van der Waals surface area contributed by atoms with Crippen LogP contribution in [0.15, 0.2) is 85.5 Å². The van der Waals surface area contributed by atoms with Gasteiger partial charge in [-0.1, -0.05) is 67.6 Å². The summed E-state index contributed by atoms with van der Waals surface area (Å²) in [6, 6.07) is 23.9. The van der Waals surface area contributed by atoms with Crippen molar-refractivity contribution in [3.8, 4) is 5.75 Å². The van der Waals surface area contributed by atoms with Crippen LogP contribution in [0.5, 0.6) is 5.75 Å². The van der Waals surface area contributed by atoms with Crippen molar-refractivity contribution < 1.29 is 9.13 Å². The number of allylic oxidation sites excluding steroid dienone is 1. The van der Waals surface area contributed by atoms with Crippen LogP contribution in [0.25, 0.3) is 0 Å². The maximum absolute atomic E-state index is 14.3. The van der Waals surface area contributed by atoms with Crippen LogP contribution in [-0.2, 0) is 18.3 Å². The molecule has 0 heterocycles. The largest absolute Gasteiger partial charge is 0.494 e. The van der Waals surface area contributed by atoms with E-state index < -0.39 is 0 Å². The first kappa shape index (κ1) is 21.8. The van der Waals surface area contributed by atoms with E-state index in [1.54, 1.807) is 6.07 Å². The van der Waals surface area contributed by atoms with Gasteiger partial charge in [-0.05, 0) is 66.6 Å². The van der Waals surface area contributed by atoms with E-state index in [0.717, 1.165) is 36.1 Å². The highest BCUT2D eigenvalue weighted by atomic mass is 19.1. The molecule has 0 amide bonds. The lowest BCUT2D eigenvalue weighted by Crippen LogP contribution is -2.19. The number of hydrogen-bond acceptors (Lipinski definition) is 1. The molecule has 0 saturated carbocycles. The molecule has 0 aliphatic rings. The number of ether oxygens (including phenoxy) is 1. The van der Waals surface area contributed by atoms with Crippen LogP contribution in [0.2, 0.25) is 0 Å². The zero-order valence-corrected chi connectivity index (χ0v) is 18.0. The molecule has 0 spiro atoms. The van der Waals surface area contributed by atoms with Crippen molar-refractivity contribution in [2.24, 2.45) is 0 Å². The van der Waals surface area contributed by atoms with Gasteiger partial charge < -0.3 is 4.74 Å². The van der Waals surface area contributed by atoms with Crippen LogP contribution in [0.3, 0.4) is 0 Å². The number of benzene rings is 3. The maximum atomic E-state index is 14.3. The minimum atomic E-state index is -0.132. The van der Waals surface area contributed by atoms with E-state index in [0.29, 0.717) is 13.0 Å². The summed E-state index contributed by atoms with van der Waals surface area (Å²) < 4.78 is 19.9. The second kappa shape index (κ2) is 10.2.